The number of aromatic hydroxyl groups is 1. The first-order valence-electron chi connectivity index (χ1n) is 8.66. The van der Waals surface area contributed by atoms with Crippen LogP contribution in [0.2, 0.25) is 0 Å². The summed E-state index contributed by atoms with van der Waals surface area (Å²) in [5, 5.41) is 11.8. The van der Waals surface area contributed by atoms with Crippen LogP contribution in [0.15, 0.2) is 42.6 Å². The number of ether oxygens (including phenoxy) is 1. The van der Waals surface area contributed by atoms with E-state index in [0.29, 0.717) is 43.1 Å². The molecule has 1 aromatic carbocycles. The summed E-state index contributed by atoms with van der Waals surface area (Å²) in [7, 11) is 0. The average molecular weight is 353 g/mol. The van der Waals surface area contributed by atoms with E-state index >= 15 is 0 Å². The molecule has 0 bridgehead atoms. The summed E-state index contributed by atoms with van der Waals surface area (Å²) in [5.74, 6) is -0.312. The van der Waals surface area contributed by atoms with E-state index in [9.17, 15) is 9.50 Å². The number of morpholine rings is 1. The molecule has 0 radical (unpaired) electrons. The van der Waals surface area contributed by atoms with Gasteiger partial charge in [-0.15, -0.1) is 0 Å². The summed E-state index contributed by atoms with van der Waals surface area (Å²) < 4.78 is 20.0. The van der Waals surface area contributed by atoms with Crippen molar-refractivity contribution in [1.82, 2.24) is 14.9 Å². The maximum absolute atomic E-state index is 14.6. The van der Waals surface area contributed by atoms with Crippen molar-refractivity contribution < 1.29 is 14.2 Å². The molecule has 5 nitrogen and oxygen atoms in total. The first-order valence-corrected chi connectivity index (χ1v) is 8.66. The van der Waals surface area contributed by atoms with E-state index in [-0.39, 0.29) is 11.6 Å². The molecule has 134 valence electrons. The van der Waals surface area contributed by atoms with Gasteiger partial charge in [-0.05, 0) is 25.1 Å². The summed E-state index contributed by atoms with van der Waals surface area (Å²) in [6, 6.07) is 10.0. The first-order chi connectivity index (χ1) is 12.6. The van der Waals surface area contributed by atoms with Crippen molar-refractivity contribution in [2.75, 3.05) is 26.3 Å². The predicted molar refractivity (Wildman–Crippen MR) is 96.6 cm³/mol. The van der Waals surface area contributed by atoms with Crippen molar-refractivity contribution in [3.8, 4) is 5.75 Å². The van der Waals surface area contributed by atoms with Crippen LogP contribution in [0.25, 0.3) is 10.9 Å². The van der Waals surface area contributed by atoms with Crippen LogP contribution in [-0.4, -0.2) is 46.3 Å². The quantitative estimate of drug-likeness (QED) is 0.784. The van der Waals surface area contributed by atoms with Gasteiger partial charge in [-0.25, -0.2) is 9.37 Å². The van der Waals surface area contributed by atoms with E-state index < -0.39 is 6.04 Å². The molecule has 26 heavy (non-hydrogen) atoms. The number of halogens is 1. The van der Waals surface area contributed by atoms with Gasteiger partial charge < -0.3 is 9.84 Å². The largest absolute Gasteiger partial charge is 0.505 e. The fraction of sp³-hybridized carbons (Fsp3) is 0.300. The lowest BCUT2D eigenvalue weighted by Gasteiger charge is -2.34. The van der Waals surface area contributed by atoms with Crippen LogP contribution < -0.4 is 0 Å². The molecule has 0 aliphatic carbocycles. The third-order valence-corrected chi connectivity index (χ3v) is 4.76. The molecule has 1 unspecified atom stereocenters. The number of rotatable bonds is 3. The molecule has 4 rings (SSSR count). The summed E-state index contributed by atoms with van der Waals surface area (Å²) in [4.78, 5) is 10.8. The van der Waals surface area contributed by atoms with Gasteiger partial charge in [0.15, 0.2) is 0 Å². The van der Waals surface area contributed by atoms with Crippen LogP contribution >= 0.6 is 0 Å². The molecular formula is C20H20FN3O2. The van der Waals surface area contributed by atoms with Gasteiger partial charge in [0.25, 0.3) is 0 Å². The molecule has 3 aromatic rings. The van der Waals surface area contributed by atoms with Crippen molar-refractivity contribution in [2.24, 2.45) is 0 Å². The van der Waals surface area contributed by atoms with E-state index in [1.165, 1.54) is 6.07 Å². The van der Waals surface area contributed by atoms with Crippen molar-refractivity contribution in [3.05, 3.63) is 65.4 Å². The SMILES string of the molecule is Cc1ccc2ccc(C(c3ncccc3F)N3CCOCC3)c(O)c2n1. The Morgan fingerprint density at radius 1 is 1.15 bits per heavy atom. The highest BCUT2D eigenvalue weighted by Gasteiger charge is 2.30. The number of phenolic OH excluding ortho intramolecular Hbond substituents is 1. The Kier molecular flexibility index (Phi) is 4.53. The fourth-order valence-electron chi connectivity index (χ4n) is 3.46. The minimum Gasteiger partial charge on any atom is -0.505 e. The number of aryl methyl sites for hydroxylation is 1. The Labute approximate surface area is 151 Å². The lowest BCUT2D eigenvalue weighted by molar-refractivity contribution is 0.0222. The number of pyridine rings is 2. The minimum atomic E-state index is -0.494. The van der Waals surface area contributed by atoms with Crippen LogP contribution in [0.3, 0.4) is 0 Å². The van der Waals surface area contributed by atoms with Crippen molar-refractivity contribution in [3.63, 3.8) is 0 Å². The summed E-state index contributed by atoms with van der Waals surface area (Å²) in [6.45, 7) is 4.29. The average Bonchev–Trinajstić information content (AvgIpc) is 2.66. The Morgan fingerprint density at radius 3 is 2.69 bits per heavy atom. The minimum absolute atomic E-state index is 0.0766. The maximum atomic E-state index is 14.6. The zero-order valence-electron chi connectivity index (χ0n) is 14.5. The standard InChI is InChI=1S/C20H20FN3O2/c1-13-4-5-14-6-7-15(20(25)17(14)23-13)19(24-9-11-26-12-10-24)18-16(21)3-2-8-22-18/h2-8,19,25H,9-12H2,1H3. The zero-order chi connectivity index (χ0) is 18.1. The van der Waals surface area contributed by atoms with E-state index in [1.54, 1.807) is 12.3 Å². The van der Waals surface area contributed by atoms with Gasteiger partial charge in [-0.1, -0.05) is 18.2 Å². The second-order valence-corrected chi connectivity index (χ2v) is 6.45. The van der Waals surface area contributed by atoms with Gasteiger partial charge in [-0.3, -0.25) is 9.88 Å². The molecule has 3 heterocycles. The number of fused-ring (bicyclic) bond motifs is 1. The lowest BCUT2D eigenvalue weighted by atomic mass is 9.97. The molecule has 2 aromatic heterocycles. The highest BCUT2D eigenvalue weighted by molar-refractivity contribution is 5.86. The van der Waals surface area contributed by atoms with Gasteiger partial charge in [0.1, 0.15) is 17.1 Å². The van der Waals surface area contributed by atoms with Gasteiger partial charge in [0.05, 0.1) is 24.9 Å². The third-order valence-electron chi connectivity index (χ3n) is 4.76. The Morgan fingerprint density at radius 2 is 1.92 bits per heavy atom. The smallest absolute Gasteiger partial charge is 0.146 e. The van der Waals surface area contributed by atoms with E-state index in [4.69, 9.17) is 4.74 Å². The molecule has 1 fully saturated rings. The Hall–Kier alpha value is -2.57. The molecule has 1 atom stereocenters. The van der Waals surface area contributed by atoms with Crippen LogP contribution in [0.5, 0.6) is 5.75 Å². The second kappa shape index (κ2) is 6.97. The summed E-state index contributed by atoms with van der Waals surface area (Å²) in [5.41, 5.74) is 2.25. The molecule has 1 N–H and O–H groups in total. The number of phenols is 1. The Bertz CT molecular complexity index is 941. The van der Waals surface area contributed by atoms with Gasteiger partial charge >= 0.3 is 0 Å². The number of nitrogens with zero attached hydrogens (tertiary/aromatic N) is 3. The summed E-state index contributed by atoms with van der Waals surface area (Å²) >= 11 is 0. The van der Waals surface area contributed by atoms with Crippen LogP contribution in [0.4, 0.5) is 4.39 Å². The lowest BCUT2D eigenvalue weighted by Crippen LogP contribution is -2.40. The fourth-order valence-corrected chi connectivity index (χ4v) is 3.46. The van der Waals surface area contributed by atoms with E-state index in [0.717, 1.165) is 11.1 Å². The van der Waals surface area contributed by atoms with Crippen molar-refractivity contribution in [2.45, 2.75) is 13.0 Å². The number of hydrogen-bond donors (Lipinski definition) is 1. The molecule has 1 aliphatic heterocycles. The molecule has 0 saturated carbocycles. The van der Waals surface area contributed by atoms with Gasteiger partial charge in [0.2, 0.25) is 0 Å². The topological polar surface area (TPSA) is 58.5 Å². The first kappa shape index (κ1) is 16.9. The molecule has 6 heteroatoms. The molecule has 0 amide bonds. The molecular weight excluding hydrogens is 333 g/mol. The maximum Gasteiger partial charge on any atom is 0.146 e. The number of aromatic nitrogens is 2. The monoisotopic (exact) mass is 353 g/mol. The van der Waals surface area contributed by atoms with Gasteiger partial charge in [-0.2, -0.15) is 0 Å². The highest BCUT2D eigenvalue weighted by atomic mass is 19.1. The third kappa shape index (κ3) is 3.02. The Balaban J connectivity index is 1.90. The molecule has 1 aliphatic rings. The summed E-state index contributed by atoms with van der Waals surface area (Å²) in [6.07, 6.45) is 1.58. The molecule has 0 spiro atoms. The highest BCUT2D eigenvalue weighted by Crippen LogP contribution is 2.38. The predicted octanol–water partition coefficient (Wildman–Crippen LogP) is 3.20. The van der Waals surface area contributed by atoms with Crippen molar-refractivity contribution >= 4 is 10.9 Å². The van der Waals surface area contributed by atoms with Crippen LogP contribution in [0.1, 0.15) is 23.0 Å². The normalized spacial score (nSPS) is 16.7. The van der Waals surface area contributed by atoms with Crippen molar-refractivity contribution in [1.29, 1.82) is 0 Å². The van der Waals surface area contributed by atoms with Crippen LogP contribution in [0, 0.1) is 12.7 Å². The number of benzene rings is 1. The van der Waals surface area contributed by atoms with Crippen LogP contribution in [-0.2, 0) is 4.74 Å². The van der Waals surface area contributed by atoms with E-state index in [1.807, 2.05) is 31.2 Å². The molecule has 1 saturated heterocycles. The second-order valence-electron chi connectivity index (χ2n) is 6.45. The van der Waals surface area contributed by atoms with E-state index in [2.05, 4.69) is 14.9 Å². The zero-order valence-corrected chi connectivity index (χ0v) is 14.5. The van der Waals surface area contributed by atoms with Gasteiger partial charge in [0, 0.05) is 35.9 Å². The number of hydrogen-bond acceptors (Lipinski definition) is 5.